The molecule has 6 nitrogen and oxygen atoms in total. The maximum atomic E-state index is 12.8. The molecule has 24 heavy (non-hydrogen) atoms. The minimum absolute atomic E-state index is 0.0382. The Hall–Kier alpha value is -2.81. The Morgan fingerprint density at radius 1 is 1.50 bits per heavy atom. The maximum absolute atomic E-state index is 12.8. The van der Waals surface area contributed by atoms with Crippen molar-refractivity contribution in [2.75, 3.05) is 6.54 Å². The van der Waals surface area contributed by atoms with Crippen LogP contribution in [0.3, 0.4) is 0 Å². The largest absolute Gasteiger partial charge is 0.481 e. The highest BCUT2D eigenvalue weighted by atomic mass is 16.5. The molecule has 2 atom stereocenters. The Balaban J connectivity index is 1.71. The third kappa shape index (κ3) is 3.25. The number of hydrogen-bond donors (Lipinski definition) is 0. The van der Waals surface area contributed by atoms with Crippen LogP contribution in [-0.4, -0.2) is 33.2 Å². The number of carbonyl (C=O) groups excluding carboxylic acids is 1. The number of nitrogens with zero attached hydrogens (tertiary/aromatic N) is 4. The SMILES string of the molecule is CC(Oc1cccc(C#N)c1)C(=O)N1CCCC1c1cnn(C)c1. The molecule has 0 radical (unpaired) electrons. The van der Waals surface area contributed by atoms with Gasteiger partial charge in [0.25, 0.3) is 5.91 Å². The van der Waals surface area contributed by atoms with E-state index >= 15 is 0 Å². The van der Waals surface area contributed by atoms with E-state index in [1.54, 1.807) is 35.9 Å². The lowest BCUT2D eigenvalue weighted by atomic mass is 10.1. The van der Waals surface area contributed by atoms with Crippen LogP contribution < -0.4 is 4.74 Å². The van der Waals surface area contributed by atoms with Crippen LogP contribution in [0.2, 0.25) is 0 Å². The first-order chi connectivity index (χ1) is 11.6. The van der Waals surface area contributed by atoms with Gasteiger partial charge in [-0.15, -0.1) is 0 Å². The number of hydrogen-bond acceptors (Lipinski definition) is 4. The van der Waals surface area contributed by atoms with Crippen LogP contribution in [0.4, 0.5) is 0 Å². The standard InChI is InChI=1S/C18H20N4O2/c1-13(24-16-6-3-5-14(9-16)10-19)18(23)22-8-4-7-17(22)15-11-20-21(2)12-15/h3,5-6,9,11-13,17H,4,7-8H2,1-2H3. The number of likely N-dealkylation sites (tertiary alicyclic amines) is 1. The molecule has 2 heterocycles. The molecule has 3 rings (SSSR count). The monoisotopic (exact) mass is 324 g/mol. The molecule has 2 aromatic rings. The second kappa shape index (κ2) is 6.75. The molecule has 1 amide bonds. The lowest BCUT2D eigenvalue weighted by molar-refractivity contribution is -0.138. The summed E-state index contributed by atoms with van der Waals surface area (Å²) in [6, 6.07) is 8.99. The van der Waals surface area contributed by atoms with Gasteiger partial charge in [-0.25, -0.2) is 0 Å². The predicted molar refractivity (Wildman–Crippen MR) is 88.1 cm³/mol. The molecule has 1 aromatic heterocycles. The highest BCUT2D eigenvalue weighted by molar-refractivity contribution is 5.81. The van der Waals surface area contributed by atoms with Gasteiger partial charge in [-0.3, -0.25) is 9.48 Å². The van der Waals surface area contributed by atoms with E-state index in [0.29, 0.717) is 11.3 Å². The van der Waals surface area contributed by atoms with Gasteiger partial charge in [-0.05, 0) is 38.0 Å². The van der Waals surface area contributed by atoms with Crippen LogP contribution in [0.25, 0.3) is 0 Å². The zero-order valence-corrected chi connectivity index (χ0v) is 13.8. The molecule has 0 bridgehead atoms. The number of aromatic nitrogens is 2. The van der Waals surface area contributed by atoms with Crippen molar-refractivity contribution in [3.05, 3.63) is 47.8 Å². The molecule has 1 aliphatic rings. The Bertz CT molecular complexity index is 777. The summed E-state index contributed by atoms with van der Waals surface area (Å²) in [5.41, 5.74) is 1.57. The quantitative estimate of drug-likeness (QED) is 0.866. The second-order valence-electron chi connectivity index (χ2n) is 6.04. The topological polar surface area (TPSA) is 71.2 Å². The third-order valence-corrected chi connectivity index (χ3v) is 4.27. The molecule has 0 N–H and O–H groups in total. The molecule has 1 aromatic carbocycles. The van der Waals surface area contributed by atoms with E-state index in [9.17, 15) is 4.79 Å². The van der Waals surface area contributed by atoms with Crippen molar-refractivity contribution in [1.82, 2.24) is 14.7 Å². The number of carbonyl (C=O) groups is 1. The Kier molecular flexibility index (Phi) is 4.52. The van der Waals surface area contributed by atoms with E-state index < -0.39 is 6.10 Å². The van der Waals surface area contributed by atoms with Crippen molar-refractivity contribution >= 4 is 5.91 Å². The summed E-state index contributed by atoms with van der Waals surface area (Å²) in [6.45, 7) is 2.48. The molecule has 1 saturated heterocycles. The first kappa shape index (κ1) is 16.1. The highest BCUT2D eigenvalue weighted by Crippen LogP contribution is 2.32. The van der Waals surface area contributed by atoms with E-state index in [4.69, 9.17) is 10.00 Å². The Morgan fingerprint density at radius 3 is 3.04 bits per heavy atom. The van der Waals surface area contributed by atoms with Gasteiger partial charge in [-0.1, -0.05) is 6.07 Å². The molecule has 6 heteroatoms. The Labute approximate surface area is 141 Å². The molecular formula is C18H20N4O2. The Morgan fingerprint density at radius 2 is 2.33 bits per heavy atom. The number of aryl methyl sites for hydroxylation is 1. The van der Waals surface area contributed by atoms with Gasteiger partial charge in [0.1, 0.15) is 5.75 Å². The summed E-state index contributed by atoms with van der Waals surface area (Å²) in [4.78, 5) is 14.7. The normalized spacial score (nSPS) is 18.2. The number of benzene rings is 1. The van der Waals surface area contributed by atoms with Crippen molar-refractivity contribution in [3.8, 4) is 11.8 Å². The molecule has 1 aliphatic heterocycles. The fraction of sp³-hybridized carbons (Fsp3) is 0.389. The van der Waals surface area contributed by atoms with E-state index in [2.05, 4.69) is 11.2 Å². The molecule has 0 aliphatic carbocycles. The van der Waals surface area contributed by atoms with E-state index in [1.165, 1.54) is 0 Å². The van der Waals surface area contributed by atoms with Gasteiger partial charge in [0.2, 0.25) is 0 Å². The van der Waals surface area contributed by atoms with Crippen molar-refractivity contribution < 1.29 is 9.53 Å². The number of amides is 1. The van der Waals surface area contributed by atoms with Gasteiger partial charge >= 0.3 is 0 Å². The van der Waals surface area contributed by atoms with E-state index in [-0.39, 0.29) is 11.9 Å². The molecular weight excluding hydrogens is 304 g/mol. The summed E-state index contributed by atoms with van der Waals surface area (Å²) in [7, 11) is 1.87. The van der Waals surface area contributed by atoms with Crippen molar-refractivity contribution in [2.45, 2.75) is 31.9 Å². The lowest BCUT2D eigenvalue weighted by Crippen LogP contribution is -2.40. The minimum atomic E-state index is -0.601. The summed E-state index contributed by atoms with van der Waals surface area (Å²) < 4.78 is 7.51. The van der Waals surface area contributed by atoms with Crippen LogP contribution >= 0.6 is 0 Å². The summed E-state index contributed by atoms with van der Waals surface area (Å²) in [6.07, 6.45) is 5.09. The van der Waals surface area contributed by atoms with Gasteiger partial charge in [0.15, 0.2) is 6.10 Å². The zero-order valence-electron chi connectivity index (χ0n) is 13.8. The fourth-order valence-electron chi connectivity index (χ4n) is 3.12. The first-order valence-electron chi connectivity index (χ1n) is 8.04. The molecule has 124 valence electrons. The summed E-state index contributed by atoms with van der Waals surface area (Å²) in [5, 5.41) is 13.2. The summed E-state index contributed by atoms with van der Waals surface area (Å²) >= 11 is 0. The van der Waals surface area contributed by atoms with E-state index in [1.807, 2.05) is 24.3 Å². The van der Waals surface area contributed by atoms with Crippen molar-refractivity contribution in [3.63, 3.8) is 0 Å². The lowest BCUT2D eigenvalue weighted by Gasteiger charge is -2.27. The van der Waals surface area contributed by atoms with Crippen LogP contribution in [0.5, 0.6) is 5.75 Å². The van der Waals surface area contributed by atoms with Gasteiger partial charge in [-0.2, -0.15) is 10.4 Å². The number of nitriles is 1. The van der Waals surface area contributed by atoms with Gasteiger partial charge in [0, 0.05) is 25.4 Å². The van der Waals surface area contributed by atoms with Crippen molar-refractivity contribution in [1.29, 1.82) is 5.26 Å². The molecule has 0 saturated carbocycles. The minimum Gasteiger partial charge on any atom is -0.481 e. The molecule has 1 fully saturated rings. The highest BCUT2D eigenvalue weighted by Gasteiger charge is 2.33. The molecule has 0 spiro atoms. The number of rotatable bonds is 4. The third-order valence-electron chi connectivity index (χ3n) is 4.27. The smallest absolute Gasteiger partial charge is 0.263 e. The first-order valence-corrected chi connectivity index (χ1v) is 8.04. The average Bonchev–Trinajstić information content (AvgIpc) is 3.22. The van der Waals surface area contributed by atoms with Crippen LogP contribution in [-0.2, 0) is 11.8 Å². The van der Waals surface area contributed by atoms with Gasteiger partial charge in [0.05, 0.1) is 23.9 Å². The van der Waals surface area contributed by atoms with Crippen molar-refractivity contribution in [2.24, 2.45) is 7.05 Å². The van der Waals surface area contributed by atoms with Gasteiger partial charge < -0.3 is 9.64 Å². The predicted octanol–water partition coefficient (Wildman–Crippen LogP) is 2.42. The fourth-order valence-corrected chi connectivity index (χ4v) is 3.12. The van der Waals surface area contributed by atoms with E-state index in [0.717, 1.165) is 24.9 Å². The zero-order chi connectivity index (χ0) is 17.1. The molecule has 2 unspecified atom stereocenters. The second-order valence-corrected chi connectivity index (χ2v) is 6.04. The van der Waals surface area contributed by atoms with Crippen LogP contribution in [0.1, 0.15) is 36.9 Å². The number of ether oxygens (including phenoxy) is 1. The van der Waals surface area contributed by atoms with Crippen LogP contribution in [0, 0.1) is 11.3 Å². The van der Waals surface area contributed by atoms with Crippen LogP contribution in [0.15, 0.2) is 36.7 Å². The summed E-state index contributed by atoms with van der Waals surface area (Å²) in [5.74, 6) is 0.496. The maximum Gasteiger partial charge on any atom is 0.263 e. The average molecular weight is 324 g/mol.